The van der Waals surface area contributed by atoms with Crippen molar-refractivity contribution < 1.29 is 13.9 Å². The molecule has 0 bridgehead atoms. The molecular weight excluding hydrogens is 399 g/mol. The summed E-state index contributed by atoms with van der Waals surface area (Å²) in [7, 11) is 0. The van der Waals surface area contributed by atoms with Gasteiger partial charge in [-0.05, 0) is 54.6 Å². The first-order chi connectivity index (χ1) is 13.6. The summed E-state index contributed by atoms with van der Waals surface area (Å²) >= 11 is 7.67. The van der Waals surface area contributed by atoms with Gasteiger partial charge in [-0.15, -0.1) is 0 Å². The monoisotopic (exact) mass is 420 g/mol. The van der Waals surface area contributed by atoms with E-state index in [1.807, 2.05) is 39.5 Å². The molecule has 1 amide bonds. The molecule has 1 saturated heterocycles. The Labute approximate surface area is 173 Å². The van der Waals surface area contributed by atoms with Crippen molar-refractivity contribution >= 4 is 35.1 Å². The van der Waals surface area contributed by atoms with Gasteiger partial charge in [-0.3, -0.25) is 4.79 Å². The molecule has 4 nitrogen and oxygen atoms in total. The first-order valence-corrected chi connectivity index (χ1v) is 10.6. The van der Waals surface area contributed by atoms with Crippen LogP contribution in [0.3, 0.4) is 0 Å². The maximum absolute atomic E-state index is 14.4. The molecule has 28 heavy (non-hydrogen) atoms. The van der Waals surface area contributed by atoms with E-state index in [0.717, 1.165) is 18.4 Å². The Morgan fingerprint density at radius 1 is 1.18 bits per heavy atom. The van der Waals surface area contributed by atoms with Crippen molar-refractivity contribution in [3.63, 3.8) is 0 Å². The highest BCUT2D eigenvalue weighted by molar-refractivity contribution is 8.01. The predicted octanol–water partition coefficient (Wildman–Crippen LogP) is 4.70. The molecular formula is C21H22ClFN2O2S. The summed E-state index contributed by atoms with van der Waals surface area (Å²) in [6.45, 7) is 1.59. The van der Waals surface area contributed by atoms with E-state index in [-0.39, 0.29) is 24.4 Å². The minimum atomic E-state index is -0.238. The second-order valence-corrected chi connectivity index (χ2v) is 8.78. The molecule has 1 saturated carbocycles. The van der Waals surface area contributed by atoms with Crippen molar-refractivity contribution in [2.24, 2.45) is 0 Å². The Morgan fingerprint density at radius 3 is 2.64 bits per heavy atom. The van der Waals surface area contributed by atoms with Crippen LogP contribution in [0.15, 0.2) is 48.5 Å². The molecule has 2 fully saturated rings. The van der Waals surface area contributed by atoms with Crippen LogP contribution >= 0.6 is 23.5 Å². The maximum atomic E-state index is 14.4. The van der Waals surface area contributed by atoms with Crippen LogP contribution in [0.4, 0.5) is 10.1 Å². The molecule has 0 aromatic heterocycles. The largest absolute Gasteiger partial charge is 0.369 e. The summed E-state index contributed by atoms with van der Waals surface area (Å²) in [6, 6.07) is 14.1. The van der Waals surface area contributed by atoms with Crippen molar-refractivity contribution in [3.8, 4) is 0 Å². The van der Waals surface area contributed by atoms with Crippen molar-refractivity contribution in [2.75, 3.05) is 30.6 Å². The van der Waals surface area contributed by atoms with Crippen LogP contribution in [0.1, 0.15) is 24.4 Å². The molecule has 1 unspecified atom stereocenters. The van der Waals surface area contributed by atoms with Crippen LogP contribution in [0, 0.1) is 5.82 Å². The van der Waals surface area contributed by atoms with Crippen molar-refractivity contribution in [2.45, 2.75) is 24.1 Å². The van der Waals surface area contributed by atoms with Gasteiger partial charge >= 0.3 is 0 Å². The zero-order valence-electron chi connectivity index (χ0n) is 15.4. The quantitative estimate of drug-likeness (QED) is 0.608. The number of halogens is 2. The highest BCUT2D eigenvalue weighted by Crippen LogP contribution is 2.39. The number of morpholine rings is 1. The van der Waals surface area contributed by atoms with Gasteiger partial charge in [0.2, 0.25) is 5.91 Å². The second-order valence-electron chi connectivity index (χ2n) is 7.03. The molecule has 2 aliphatic rings. The van der Waals surface area contributed by atoms with Crippen LogP contribution in [-0.2, 0) is 9.53 Å². The number of hydrogen-bond acceptors (Lipinski definition) is 4. The molecule has 1 aliphatic heterocycles. The fourth-order valence-corrected chi connectivity index (χ4v) is 4.56. The minimum absolute atomic E-state index is 0.0453. The number of carbonyl (C=O) groups is 1. The highest BCUT2D eigenvalue weighted by atomic mass is 35.5. The lowest BCUT2D eigenvalue weighted by atomic mass is 10.0. The number of ether oxygens (including phenoxy) is 1. The fraction of sp³-hybridized carbons (Fsp3) is 0.381. The Bertz CT molecular complexity index is 831. The number of nitrogens with zero attached hydrogens (tertiary/aromatic N) is 2. The number of para-hydroxylation sites is 1. The van der Waals surface area contributed by atoms with E-state index < -0.39 is 0 Å². The van der Waals surface area contributed by atoms with E-state index in [0.29, 0.717) is 35.7 Å². The Hall–Kier alpha value is -1.76. The summed E-state index contributed by atoms with van der Waals surface area (Å²) in [5, 5.41) is 1.19. The summed E-state index contributed by atoms with van der Waals surface area (Å²) in [6.07, 6.45) is 2.30. The minimum Gasteiger partial charge on any atom is -0.369 e. The smallest absolute Gasteiger partial charge is 0.249 e. The van der Waals surface area contributed by atoms with Crippen LogP contribution in [0.2, 0.25) is 5.02 Å². The summed E-state index contributed by atoms with van der Waals surface area (Å²) in [5.41, 5.74) is 1.56. The normalized spacial score (nSPS) is 19.7. The van der Waals surface area contributed by atoms with Crippen molar-refractivity contribution in [1.29, 1.82) is 0 Å². The average molecular weight is 421 g/mol. The van der Waals surface area contributed by atoms with E-state index in [4.69, 9.17) is 16.3 Å². The van der Waals surface area contributed by atoms with Crippen molar-refractivity contribution in [1.82, 2.24) is 4.90 Å². The van der Waals surface area contributed by atoms with Gasteiger partial charge < -0.3 is 13.9 Å². The Morgan fingerprint density at radius 2 is 1.93 bits per heavy atom. The third-order valence-electron chi connectivity index (χ3n) is 4.92. The molecule has 1 atom stereocenters. The maximum Gasteiger partial charge on any atom is 0.249 e. The lowest BCUT2D eigenvalue weighted by Crippen LogP contribution is -2.46. The Balaban J connectivity index is 1.51. The SMILES string of the molecule is O=C1COCC(c2ccc(Cl)cc2)N1CCN(SC1CC1)c1ccccc1F. The van der Waals surface area contributed by atoms with Gasteiger partial charge in [0, 0.05) is 23.4 Å². The zero-order valence-corrected chi connectivity index (χ0v) is 17.0. The van der Waals surface area contributed by atoms with Gasteiger partial charge in [0.1, 0.15) is 12.4 Å². The van der Waals surface area contributed by atoms with Gasteiger partial charge in [-0.25, -0.2) is 4.39 Å². The topological polar surface area (TPSA) is 32.8 Å². The van der Waals surface area contributed by atoms with Crippen molar-refractivity contribution in [3.05, 3.63) is 64.9 Å². The number of anilines is 1. The van der Waals surface area contributed by atoms with E-state index in [1.54, 1.807) is 24.1 Å². The van der Waals surface area contributed by atoms with Gasteiger partial charge in [-0.2, -0.15) is 0 Å². The standard InChI is InChI=1S/C21H22ClFN2O2S/c22-16-7-5-15(6-8-16)20-13-27-14-21(26)24(20)11-12-25(28-17-9-10-17)19-4-2-1-3-18(19)23/h1-8,17,20H,9-14H2. The molecule has 2 aromatic rings. The van der Waals surface area contributed by atoms with Crippen LogP contribution in [0.25, 0.3) is 0 Å². The number of benzene rings is 2. The Kier molecular flexibility index (Phi) is 6.09. The molecule has 1 heterocycles. The molecule has 1 aliphatic carbocycles. The molecule has 4 rings (SSSR count). The molecule has 7 heteroatoms. The average Bonchev–Trinajstić information content (AvgIpc) is 3.51. The highest BCUT2D eigenvalue weighted by Gasteiger charge is 2.32. The molecule has 148 valence electrons. The van der Waals surface area contributed by atoms with E-state index in [2.05, 4.69) is 0 Å². The molecule has 2 aromatic carbocycles. The number of rotatable bonds is 7. The van der Waals surface area contributed by atoms with Crippen LogP contribution in [0.5, 0.6) is 0 Å². The van der Waals surface area contributed by atoms with Crippen LogP contribution in [-0.4, -0.2) is 42.4 Å². The lowest BCUT2D eigenvalue weighted by Gasteiger charge is -2.37. The first-order valence-electron chi connectivity index (χ1n) is 9.43. The molecule has 0 spiro atoms. The number of carbonyl (C=O) groups excluding carboxylic acids is 1. The summed E-state index contributed by atoms with van der Waals surface area (Å²) in [5.74, 6) is -0.283. The third-order valence-corrected chi connectivity index (χ3v) is 6.57. The zero-order chi connectivity index (χ0) is 19.5. The van der Waals surface area contributed by atoms with E-state index >= 15 is 0 Å². The molecule has 0 N–H and O–H groups in total. The van der Waals surface area contributed by atoms with Gasteiger partial charge in [-0.1, -0.05) is 35.9 Å². The van der Waals surface area contributed by atoms with Gasteiger partial charge in [0.25, 0.3) is 0 Å². The van der Waals surface area contributed by atoms with E-state index in [9.17, 15) is 9.18 Å². The first kappa shape index (κ1) is 19.6. The predicted molar refractivity (Wildman–Crippen MR) is 111 cm³/mol. The number of amides is 1. The van der Waals surface area contributed by atoms with E-state index in [1.165, 1.54) is 6.07 Å². The summed E-state index contributed by atoms with van der Waals surface area (Å²) in [4.78, 5) is 14.4. The van der Waals surface area contributed by atoms with Gasteiger partial charge in [0.05, 0.1) is 18.3 Å². The lowest BCUT2D eigenvalue weighted by molar-refractivity contribution is -0.148. The second kappa shape index (κ2) is 8.72. The summed E-state index contributed by atoms with van der Waals surface area (Å²) < 4.78 is 21.9. The number of hydrogen-bond donors (Lipinski definition) is 0. The van der Waals surface area contributed by atoms with Gasteiger partial charge in [0.15, 0.2) is 0 Å². The van der Waals surface area contributed by atoms with Crippen LogP contribution < -0.4 is 4.31 Å². The fourth-order valence-electron chi connectivity index (χ4n) is 3.28. The third kappa shape index (κ3) is 4.62. The molecule has 0 radical (unpaired) electrons.